The van der Waals surface area contributed by atoms with Crippen LogP contribution in [0, 0.1) is 0 Å². The number of furan rings is 2. The van der Waals surface area contributed by atoms with Gasteiger partial charge in [-0.15, -0.1) is 0 Å². The molecule has 2 N–H and O–H groups in total. The number of nitrogens with zero attached hydrogens (tertiary/aromatic N) is 4. The van der Waals surface area contributed by atoms with Crippen LogP contribution in [0.5, 0.6) is 0 Å². The molecule has 0 saturated heterocycles. The number of nitrogen functional groups attached to an aromatic ring is 1. The van der Waals surface area contributed by atoms with E-state index in [1.165, 1.54) is 11.2 Å². The van der Waals surface area contributed by atoms with Gasteiger partial charge < -0.3 is 19.3 Å². The standard InChI is InChI=1S/C20H19N5O5S/c1-2-28-19(27)12-10-22-20(23-18(12)21)31-11-17(26)25-14(16-6-4-8-30-16)9-13(24-25)15-5-3-7-29-15/h3-8,10,14H,2,9,11H2,1H3,(H2,21,22,23). The fraction of sp³-hybridized carbons (Fsp3) is 0.250. The van der Waals surface area contributed by atoms with E-state index in [2.05, 4.69) is 15.1 Å². The van der Waals surface area contributed by atoms with Gasteiger partial charge in [0.2, 0.25) is 0 Å². The number of hydrazone groups is 1. The molecular formula is C20H19N5O5S. The normalized spacial score (nSPS) is 15.7. The van der Waals surface area contributed by atoms with Crippen molar-refractivity contribution < 1.29 is 23.2 Å². The van der Waals surface area contributed by atoms with Gasteiger partial charge in [0.1, 0.15) is 34.7 Å². The lowest BCUT2D eigenvalue weighted by molar-refractivity contribution is -0.130. The lowest BCUT2D eigenvalue weighted by Crippen LogP contribution is -2.28. The van der Waals surface area contributed by atoms with Gasteiger partial charge in [-0.05, 0) is 31.2 Å². The Bertz CT molecular complexity index is 1100. The number of aromatic nitrogens is 2. The van der Waals surface area contributed by atoms with Crippen LogP contribution in [0.2, 0.25) is 0 Å². The van der Waals surface area contributed by atoms with Gasteiger partial charge in [-0.1, -0.05) is 11.8 Å². The Hall–Kier alpha value is -3.60. The van der Waals surface area contributed by atoms with Gasteiger partial charge in [-0.3, -0.25) is 4.79 Å². The summed E-state index contributed by atoms with van der Waals surface area (Å²) in [5.41, 5.74) is 6.58. The van der Waals surface area contributed by atoms with Gasteiger partial charge in [0.15, 0.2) is 5.16 Å². The monoisotopic (exact) mass is 441 g/mol. The van der Waals surface area contributed by atoms with E-state index < -0.39 is 5.97 Å². The molecule has 0 aliphatic carbocycles. The van der Waals surface area contributed by atoms with Gasteiger partial charge in [-0.2, -0.15) is 5.10 Å². The van der Waals surface area contributed by atoms with Crippen molar-refractivity contribution in [1.29, 1.82) is 0 Å². The van der Waals surface area contributed by atoms with Gasteiger partial charge in [-0.25, -0.2) is 19.8 Å². The molecule has 1 aliphatic rings. The zero-order valence-corrected chi connectivity index (χ0v) is 17.4. The third-order valence-corrected chi connectivity index (χ3v) is 5.31. The first-order chi connectivity index (χ1) is 15.1. The summed E-state index contributed by atoms with van der Waals surface area (Å²) in [5, 5.41) is 6.12. The van der Waals surface area contributed by atoms with E-state index in [-0.39, 0.29) is 40.8 Å². The third-order valence-electron chi connectivity index (χ3n) is 4.46. The number of hydrogen-bond donors (Lipinski definition) is 1. The molecule has 3 aromatic heterocycles. The van der Waals surface area contributed by atoms with E-state index in [4.69, 9.17) is 19.3 Å². The van der Waals surface area contributed by atoms with Crippen LogP contribution in [-0.4, -0.2) is 44.9 Å². The molecule has 0 bridgehead atoms. The van der Waals surface area contributed by atoms with E-state index >= 15 is 0 Å². The first-order valence-corrected chi connectivity index (χ1v) is 10.4. The minimum Gasteiger partial charge on any atom is -0.467 e. The molecule has 10 nitrogen and oxygen atoms in total. The first kappa shape index (κ1) is 20.7. The summed E-state index contributed by atoms with van der Waals surface area (Å²) in [7, 11) is 0. The van der Waals surface area contributed by atoms with Crippen LogP contribution < -0.4 is 5.73 Å². The Morgan fingerprint density at radius 2 is 2.10 bits per heavy atom. The fourth-order valence-electron chi connectivity index (χ4n) is 3.04. The van der Waals surface area contributed by atoms with Crippen molar-refractivity contribution in [3.05, 3.63) is 60.1 Å². The van der Waals surface area contributed by atoms with Crippen molar-refractivity contribution in [2.45, 2.75) is 24.5 Å². The summed E-state index contributed by atoms with van der Waals surface area (Å²) in [6, 6.07) is 6.75. The molecule has 0 fully saturated rings. The smallest absolute Gasteiger partial charge is 0.343 e. The summed E-state index contributed by atoms with van der Waals surface area (Å²) < 4.78 is 15.8. The Labute approximate surface area is 181 Å². The van der Waals surface area contributed by atoms with Crippen molar-refractivity contribution in [2.75, 3.05) is 18.1 Å². The predicted octanol–water partition coefficient (Wildman–Crippen LogP) is 2.89. The second-order valence-corrected chi connectivity index (χ2v) is 7.40. The van der Waals surface area contributed by atoms with Crippen molar-refractivity contribution in [3.63, 3.8) is 0 Å². The van der Waals surface area contributed by atoms with Gasteiger partial charge in [0.05, 0.1) is 24.9 Å². The van der Waals surface area contributed by atoms with Crippen molar-refractivity contribution >= 4 is 35.2 Å². The molecule has 1 atom stereocenters. The predicted molar refractivity (Wildman–Crippen MR) is 111 cm³/mol. The van der Waals surface area contributed by atoms with Crippen LogP contribution in [-0.2, 0) is 9.53 Å². The number of nitrogens with two attached hydrogens (primary N) is 1. The maximum atomic E-state index is 12.9. The van der Waals surface area contributed by atoms with E-state index in [0.29, 0.717) is 23.7 Å². The Balaban J connectivity index is 1.47. The Kier molecular flexibility index (Phi) is 6.03. The molecule has 0 saturated carbocycles. The highest BCUT2D eigenvalue weighted by atomic mass is 32.2. The third kappa shape index (κ3) is 4.45. The molecule has 31 heavy (non-hydrogen) atoms. The summed E-state index contributed by atoms with van der Waals surface area (Å²) in [4.78, 5) is 32.9. The molecule has 0 radical (unpaired) electrons. The van der Waals surface area contributed by atoms with Crippen molar-refractivity contribution in [2.24, 2.45) is 5.10 Å². The van der Waals surface area contributed by atoms with E-state index in [1.54, 1.807) is 43.7 Å². The Morgan fingerprint density at radius 3 is 2.77 bits per heavy atom. The molecule has 0 spiro atoms. The molecule has 3 aromatic rings. The number of rotatable bonds is 7. The summed E-state index contributed by atoms with van der Waals surface area (Å²) in [5.74, 6) is 0.393. The number of anilines is 1. The summed E-state index contributed by atoms with van der Waals surface area (Å²) in [6.07, 6.45) is 4.87. The number of hydrogen-bond acceptors (Lipinski definition) is 10. The van der Waals surface area contributed by atoms with Crippen LogP contribution in [0.15, 0.2) is 62.1 Å². The number of carbonyl (C=O) groups is 2. The SMILES string of the molecule is CCOC(=O)c1cnc(SCC(=O)N2N=C(c3ccco3)CC2c2ccco2)nc1N. The fourth-order valence-corrected chi connectivity index (χ4v) is 3.72. The van der Waals surface area contributed by atoms with Crippen molar-refractivity contribution in [1.82, 2.24) is 15.0 Å². The van der Waals surface area contributed by atoms with Gasteiger partial charge in [0.25, 0.3) is 5.91 Å². The molecule has 1 aliphatic heterocycles. The van der Waals surface area contributed by atoms with Crippen LogP contribution in [0.25, 0.3) is 0 Å². The highest BCUT2D eigenvalue weighted by Crippen LogP contribution is 2.34. The lowest BCUT2D eigenvalue weighted by Gasteiger charge is -2.19. The second-order valence-electron chi connectivity index (χ2n) is 6.46. The van der Waals surface area contributed by atoms with Gasteiger partial charge in [0, 0.05) is 12.6 Å². The van der Waals surface area contributed by atoms with Crippen LogP contribution >= 0.6 is 11.8 Å². The maximum absolute atomic E-state index is 12.9. The number of thioether (sulfide) groups is 1. The van der Waals surface area contributed by atoms with E-state index in [0.717, 1.165) is 11.8 Å². The van der Waals surface area contributed by atoms with Crippen LogP contribution in [0.1, 0.15) is 41.3 Å². The molecule has 1 amide bonds. The molecule has 1 unspecified atom stereocenters. The van der Waals surface area contributed by atoms with Gasteiger partial charge >= 0.3 is 5.97 Å². The highest BCUT2D eigenvalue weighted by Gasteiger charge is 2.35. The molecule has 0 aromatic carbocycles. The number of carbonyl (C=O) groups excluding carboxylic acids is 2. The minimum atomic E-state index is -0.592. The maximum Gasteiger partial charge on any atom is 0.343 e. The lowest BCUT2D eigenvalue weighted by atomic mass is 10.1. The van der Waals surface area contributed by atoms with E-state index in [1.807, 2.05) is 0 Å². The minimum absolute atomic E-state index is 0.00356. The second kappa shape index (κ2) is 9.04. The molecule has 4 heterocycles. The zero-order chi connectivity index (χ0) is 21.8. The Morgan fingerprint density at radius 1 is 1.29 bits per heavy atom. The average molecular weight is 441 g/mol. The number of ether oxygens (including phenoxy) is 1. The zero-order valence-electron chi connectivity index (χ0n) is 16.6. The summed E-state index contributed by atoms with van der Waals surface area (Å²) >= 11 is 1.09. The van der Waals surface area contributed by atoms with Crippen molar-refractivity contribution in [3.8, 4) is 0 Å². The van der Waals surface area contributed by atoms with Crippen LogP contribution in [0.4, 0.5) is 5.82 Å². The number of amides is 1. The largest absolute Gasteiger partial charge is 0.467 e. The quantitative estimate of drug-likeness (QED) is 0.333. The topological polar surface area (TPSA) is 137 Å². The summed E-state index contributed by atoms with van der Waals surface area (Å²) in [6.45, 7) is 1.91. The number of esters is 1. The van der Waals surface area contributed by atoms with E-state index in [9.17, 15) is 9.59 Å². The van der Waals surface area contributed by atoms with Crippen LogP contribution in [0.3, 0.4) is 0 Å². The molecule has 11 heteroatoms. The highest BCUT2D eigenvalue weighted by molar-refractivity contribution is 7.99. The molecule has 4 rings (SSSR count). The average Bonchev–Trinajstić information content (AvgIpc) is 3.53. The first-order valence-electron chi connectivity index (χ1n) is 9.46. The molecular weight excluding hydrogens is 422 g/mol. The molecule has 160 valence electrons.